The summed E-state index contributed by atoms with van der Waals surface area (Å²) >= 11 is 0. The Hall–Kier alpha value is -1.80. The van der Waals surface area contributed by atoms with Gasteiger partial charge in [0.25, 0.3) is 0 Å². The topological polar surface area (TPSA) is 4.93 Å². The van der Waals surface area contributed by atoms with Gasteiger partial charge in [0.15, 0.2) is 0 Å². The monoisotopic (exact) mass is 307 g/mol. The summed E-state index contributed by atoms with van der Waals surface area (Å²) in [6.45, 7) is 3.58. The molecule has 1 nitrogen and oxygen atoms in total. The quantitative estimate of drug-likeness (QED) is 0.457. The van der Waals surface area contributed by atoms with Crippen LogP contribution in [0.2, 0.25) is 5.54 Å². The molecule has 1 aromatic heterocycles. The molecule has 3 rings (SSSR count). The fourth-order valence-electron chi connectivity index (χ4n) is 3.23. The Morgan fingerprint density at radius 1 is 0.909 bits per heavy atom. The highest BCUT2D eigenvalue weighted by atomic mass is 28.2. The van der Waals surface area contributed by atoms with Crippen molar-refractivity contribution in [1.82, 2.24) is 4.57 Å². The number of hydrogen-bond donors (Lipinski definition) is 0. The van der Waals surface area contributed by atoms with Crippen LogP contribution in [-0.4, -0.2) is 14.1 Å². The maximum Gasteiger partial charge on any atom is 0.0575 e. The van der Waals surface area contributed by atoms with Crippen molar-refractivity contribution in [2.45, 2.75) is 38.3 Å². The van der Waals surface area contributed by atoms with Gasteiger partial charge in [-0.1, -0.05) is 73.5 Å². The average molecular weight is 308 g/mol. The molecule has 2 heteroatoms. The lowest BCUT2D eigenvalue weighted by Gasteiger charge is -2.11. The number of unbranched alkanes of at least 4 members (excludes halogenated alkanes) is 1. The summed E-state index contributed by atoms with van der Waals surface area (Å²) in [6.07, 6.45) is 6.23. The van der Waals surface area contributed by atoms with Crippen molar-refractivity contribution >= 4 is 25.6 Å². The molecule has 0 saturated heterocycles. The normalized spacial score (nSPS) is 13.1. The van der Waals surface area contributed by atoms with Crippen molar-refractivity contribution in [2.24, 2.45) is 0 Å². The van der Waals surface area contributed by atoms with E-state index in [0.717, 1.165) is 12.1 Å². The van der Waals surface area contributed by atoms with Crippen molar-refractivity contribution in [3.63, 3.8) is 0 Å². The zero-order valence-corrected chi connectivity index (χ0v) is 14.8. The van der Waals surface area contributed by atoms with Crippen molar-refractivity contribution in [3.05, 3.63) is 66.9 Å². The summed E-state index contributed by atoms with van der Waals surface area (Å²) in [5.74, 6) is 0. The van der Waals surface area contributed by atoms with E-state index in [1.54, 1.807) is 5.19 Å². The van der Waals surface area contributed by atoms with Gasteiger partial charge in [-0.2, -0.15) is 0 Å². The summed E-state index contributed by atoms with van der Waals surface area (Å²) in [5, 5.41) is 2.96. The van der Waals surface area contributed by atoms with E-state index in [1.807, 2.05) is 0 Å². The molecule has 1 heterocycles. The molecule has 2 aromatic carbocycles. The molecule has 0 radical (unpaired) electrons. The van der Waals surface area contributed by atoms with Crippen molar-refractivity contribution in [3.8, 4) is 0 Å². The maximum absolute atomic E-state index is 2.43. The third kappa shape index (κ3) is 3.89. The minimum atomic E-state index is -0.108. The van der Waals surface area contributed by atoms with Crippen LogP contribution in [0.4, 0.5) is 0 Å². The van der Waals surface area contributed by atoms with Gasteiger partial charge in [-0.15, -0.1) is 0 Å². The van der Waals surface area contributed by atoms with Gasteiger partial charge in [0.2, 0.25) is 0 Å². The largest absolute Gasteiger partial charge is 0.347 e. The number of rotatable bonds is 7. The Morgan fingerprint density at radius 2 is 1.68 bits per heavy atom. The van der Waals surface area contributed by atoms with E-state index in [0.29, 0.717) is 0 Å². The Balaban J connectivity index is 1.43. The lowest BCUT2D eigenvalue weighted by atomic mass is 10.2. The molecule has 0 bridgehead atoms. The van der Waals surface area contributed by atoms with Crippen LogP contribution in [0.5, 0.6) is 0 Å². The third-order valence-electron chi connectivity index (χ3n) is 4.45. The van der Waals surface area contributed by atoms with E-state index in [9.17, 15) is 0 Å². The first-order valence-electron chi connectivity index (χ1n) is 8.41. The van der Waals surface area contributed by atoms with Crippen molar-refractivity contribution in [1.29, 1.82) is 0 Å². The number of aryl methyl sites for hydroxylation is 1. The molecular formula is C20H25NSi. The van der Waals surface area contributed by atoms with E-state index in [-0.39, 0.29) is 9.52 Å². The zero-order valence-electron chi connectivity index (χ0n) is 13.4. The van der Waals surface area contributed by atoms with Gasteiger partial charge in [0, 0.05) is 18.3 Å². The van der Waals surface area contributed by atoms with E-state index in [4.69, 9.17) is 0 Å². The Labute approximate surface area is 135 Å². The molecule has 1 unspecified atom stereocenters. The number of nitrogens with zero attached hydrogens (tertiary/aromatic N) is 1. The molecule has 0 spiro atoms. The SMILES string of the molecule is CC(CCCCn1ccc2ccccc21)[SiH2]c1ccccc1. The van der Waals surface area contributed by atoms with Gasteiger partial charge in [0.1, 0.15) is 0 Å². The standard InChI is InChI=1S/C20H25NSi/c1-17(22-19-11-3-2-4-12-19)9-7-8-15-21-16-14-18-10-5-6-13-20(18)21/h2-6,10-14,16-17H,7-9,15,22H2,1H3. The van der Waals surface area contributed by atoms with Gasteiger partial charge in [-0.3, -0.25) is 0 Å². The molecule has 0 amide bonds. The van der Waals surface area contributed by atoms with E-state index < -0.39 is 0 Å². The summed E-state index contributed by atoms with van der Waals surface area (Å²) < 4.78 is 2.40. The summed E-state index contributed by atoms with van der Waals surface area (Å²) in [7, 11) is -0.108. The molecule has 0 fully saturated rings. The molecule has 0 N–H and O–H groups in total. The molecule has 3 aromatic rings. The molecular weight excluding hydrogens is 282 g/mol. The Morgan fingerprint density at radius 3 is 2.55 bits per heavy atom. The summed E-state index contributed by atoms with van der Waals surface area (Å²) in [5.41, 5.74) is 2.28. The second kappa shape index (κ2) is 7.46. The lowest BCUT2D eigenvalue weighted by molar-refractivity contribution is 0.592. The second-order valence-electron chi connectivity index (χ2n) is 6.36. The van der Waals surface area contributed by atoms with Crippen LogP contribution in [0.3, 0.4) is 0 Å². The van der Waals surface area contributed by atoms with Gasteiger partial charge in [0.05, 0.1) is 9.52 Å². The molecule has 0 aliphatic carbocycles. The number of aromatic nitrogens is 1. The van der Waals surface area contributed by atoms with Crippen LogP contribution in [0.1, 0.15) is 26.2 Å². The molecule has 114 valence electrons. The highest BCUT2D eigenvalue weighted by Crippen LogP contribution is 2.17. The average Bonchev–Trinajstić information content (AvgIpc) is 2.96. The highest BCUT2D eigenvalue weighted by molar-refractivity contribution is 6.54. The van der Waals surface area contributed by atoms with Gasteiger partial charge < -0.3 is 4.57 Å². The van der Waals surface area contributed by atoms with Crippen molar-refractivity contribution < 1.29 is 0 Å². The van der Waals surface area contributed by atoms with Gasteiger partial charge in [-0.25, -0.2) is 0 Å². The molecule has 0 saturated carbocycles. The van der Waals surface area contributed by atoms with Crippen LogP contribution in [0.25, 0.3) is 10.9 Å². The fourth-order valence-corrected chi connectivity index (χ4v) is 5.07. The first-order chi connectivity index (χ1) is 10.8. The van der Waals surface area contributed by atoms with E-state index in [2.05, 4.69) is 78.4 Å². The molecule has 1 atom stereocenters. The lowest BCUT2D eigenvalue weighted by Crippen LogP contribution is -2.17. The van der Waals surface area contributed by atoms with Crippen LogP contribution in [-0.2, 0) is 6.54 Å². The predicted molar refractivity (Wildman–Crippen MR) is 99.8 cm³/mol. The fraction of sp³-hybridized carbons (Fsp3) is 0.300. The van der Waals surface area contributed by atoms with E-state index >= 15 is 0 Å². The highest BCUT2D eigenvalue weighted by Gasteiger charge is 2.05. The summed E-state index contributed by atoms with van der Waals surface area (Å²) in [6, 6.07) is 21.9. The molecule has 0 aliphatic rings. The summed E-state index contributed by atoms with van der Waals surface area (Å²) in [4.78, 5) is 0. The molecule has 22 heavy (non-hydrogen) atoms. The van der Waals surface area contributed by atoms with E-state index in [1.165, 1.54) is 30.2 Å². The minimum Gasteiger partial charge on any atom is -0.347 e. The van der Waals surface area contributed by atoms with Gasteiger partial charge in [-0.05, 0) is 29.5 Å². The van der Waals surface area contributed by atoms with Crippen LogP contribution < -0.4 is 5.19 Å². The van der Waals surface area contributed by atoms with Crippen LogP contribution in [0, 0.1) is 0 Å². The second-order valence-corrected chi connectivity index (χ2v) is 8.98. The smallest absolute Gasteiger partial charge is 0.0575 e. The number of para-hydroxylation sites is 1. The predicted octanol–water partition coefficient (Wildman–Crippen LogP) is 4.11. The number of benzene rings is 2. The van der Waals surface area contributed by atoms with Crippen LogP contribution >= 0.6 is 0 Å². The number of hydrogen-bond acceptors (Lipinski definition) is 0. The maximum atomic E-state index is 2.43. The van der Waals surface area contributed by atoms with Gasteiger partial charge >= 0.3 is 0 Å². The Kier molecular flexibility index (Phi) is 5.12. The zero-order chi connectivity index (χ0) is 15.2. The number of fused-ring (bicyclic) bond motifs is 1. The Bertz CT molecular complexity index is 702. The first kappa shape index (κ1) is 15.1. The van der Waals surface area contributed by atoms with Crippen LogP contribution in [0.15, 0.2) is 66.9 Å². The minimum absolute atomic E-state index is 0.108. The van der Waals surface area contributed by atoms with Crippen molar-refractivity contribution in [2.75, 3.05) is 0 Å². The first-order valence-corrected chi connectivity index (χ1v) is 9.93. The molecule has 0 aliphatic heterocycles. The third-order valence-corrected chi connectivity index (χ3v) is 6.50.